The van der Waals surface area contributed by atoms with Crippen molar-refractivity contribution in [3.8, 4) is 6.07 Å². The second kappa shape index (κ2) is 6.51. The molecule has 1 aliphatic heterocycles. The standard InChI is InChI=1S/C14H28N4/c1-5-18-8-6-13(7-9-18)17(4)12(2)10-14(3,16)11-15/h12-13H,5-10,16H2,1-4H3. The van der Waals surface area contributed by atoms with Crippen LogP contribution in [0.15, 0.2) is 0 Å². The summed E-state index contributed by atoms with van der Waals surface area (Å²) in [5.74, 6) is 0. The van der Waals surface area contributed by atoms with E-state index >= 15 is 0 Å². The highest BCUT2D eigenvalue weighted by Gasteiger charge is 2.28. The second-order valence-electron chi connectivity index (χ2n) is 5.91. The summed E-state index contributed by atoms with van der Waals surface area (Å²) < 4.78 is 0. The van der Waals surface area contributed by atoms with Crippen molar-refractivity contribution in [3.05, 3.63) is 0 Å². The molecule has 0 saturated carbocycles. The fourth-order valence-electron chi connectivity index (χ4n) is 2.81. The van der Waals surface area contributed by atoms with Crippen molar-refractivity contribution < 1.29 is 0 Å². The molecule has 0 aromatic carbocycles. The largest absolute Gasteiger partial charge is 0.314 e. The number of likely N-dealkylation sites (tertiary alicyclic amines) is 1. The van der Waals surface area contributed by atoms with Crippen LogP contribution in [0.25, 0.3) is 0 Å². The van der Waals surface area contributed by atoms with Crippen LogP contribution in [0.3, 0.4) is 0 Å². The highest BCUT2D eigenvalue weighted by Crippen LogP contribution is 2.20. The van der Waals surface area contributed by atoms with Crippen molar-refractivity contribution in [1.82, 2.24) is 9.80 Å². The minimum Gasteiger partial charge on any atom is -0.314 e. The van der Waals surface area contributed by atoms with E-state index in [4.69, 9.17) is 11.0 Å². The molecule has 4 nitrogen and oxygen atoms in total. The summed E-state index contributed by atoms with van der Waals surface area (Å²) in [5, 5.41) is 9.00. The first-order chi connectivity index (χ1) is 8.39. The molecule has 0 aromatic rings. The van der Waals surface area contributed by atoms with Crippen molar-refractivity contribution in [2.75, 3.05) is 26.7 Å². The van der Waals surface area contributed by atoms with Crippen LogP contribution in [0, 0.1) is 11.3 Å². The summed E-state index contributed by atoms with van der Waals surface area (Å²) in [6.07, 6.45) is 3.18. The van der Waals surface area contributed by atoms with Gasteiger partial charge in [-0.25, -0.2) is 0 Å². The Morgan fingerprint density at radius 1 is 1.50 bits per heavy atom. The Kier molecular flexibility index (Phi) is 5.58. The molecule has 4 heteroatoms. The van der Waals surface area contributed by atoms with Gasteiger partial charge in [0.15, 0.2) is 0 Å². The summed E-state index contributed by atoms with van der Waals surface area (Å²) in [6, 6.07) is 3.18. The molecule has 0 radical (unpaired) electrons. The summed E-state index contributed by atoms with van der Waals surface area (Å²) in [5.41, 5.74) is 5.22. The van der Waals surface area contributed by atoms with Crippen molar-refractivity contribution in [2.45, 2.75) is 57.7 Å². The number of hydrogen-bond acceptors (Lipinski definition) is 4. The molecule has 0 bridgehead atoms. The highest BCUT2D eigenvalue weighted by molar-refractivity contribution is 5.03. The third-order valence-electron chi connectivity index (χ3n) is 4.25. The molecule has 1 saturated heterocycles. The van der Waals surface area contributed by atoms with Gasteiger partial charge in [0, 0.05) is 12.1 Å². The van der Waals surface area contributed by atoms with Crippen LogP contribution in [0.5, 0.6) is 0 Å². The number of nitrogens with zero attached hydrogens (tertiary/aromatic N) is 3. The van der Waals surface area contributed by atoms with Gasteiger partial charge in [0.05, 0.1) is 6.07 Å². The number of hydrogen-bond donors (Lipinski definition) is 1. The fourth-order valence-corrected chi connectivity index (χ4v) is 2.81. The number of nitriles is 1. The zero-order valence-corrected chi connectivity index (χ0v) is 12.3. The van der Waals surface area contributed by atoms with Crippen LogP contribution in [0.1, 0.15) is 40.0 Å². The van der Waals surface area contributed by atoms with Crippen LogP contribution in [-0.4, -0.2) is 54.1 Å². The van der Waals surface area contributed by atoms with Gasteiger partial charge in [-0.3, -0.25) is 0 Å². The SMILES string of the molecule is CCN1CCC(N(C)C(C)CC(C)(N)C#N)CC1. The lowest BCUT2D eigenvalue weighted by molar-refractivity contribution is 0.0959. The molecule has 0 spiro atoms. The highest BCUT2D eigenvalue weighted by atomic mass is 15.2. The molecule has 1 rings (SSSR count). The van der Waals surface area contributed by atoms with Gasteiger partial charge in [-0.2, -0.15) is 5.26 Å². The van der Waals surface area contributed by atoms with E-state index in [0.717, 1.165) is 13.0 Å². The van der Waals surface area contributed by atoms with Gasteiger partial charge < -0.3 is 15.5 Å². The Hall–Kier alpha value is -0.630. The fraction of sp³-hybridized carbons (Fsp3) is 0.929. The summed E-state index contributed by atoms with van der Waals surface area (Å²) in [6.45, 7) is 9.75. The smallest absolute Gasteiger partial charge is 0.102 e. The quantitative estimate of drug-likeness (QED) is 0.804. The minimum absolute atomic E-state index is 0.359. The van der Waals surface area contributed by atoms with Gasteiger partial charge in [0.1, 0.15) is 5.54 Å². The van der Waals surface area contributed by atoms with E-state index in [2.05, 4.69) is 36.8 Å². The Bertz CT molecular complexity index is 287. The van der Waals surface area contributed by atoms with Crippen LogP contribution in [0.4, 0.5) is 0 Å². The monoisotopic (exact) mass is 252 g/mol. The molecular weight excluding hydrogens is 224 g/mol. The molecular formula is C14H28N4. The molecule has 2 N–H and O–H groups in total. The van der Waals surface area contributed by atoms with Crippen LogP contribution >= 0.6 is 0 Å². The van der Waals surface area contributed by atoms with Crippen molar-refractivity contribution in [2.24, 2.45) is 5.73 Å². The average molecular weight is 252 g/mol. The molecule has 0 aromatic heterocycles. The molecule has 18 heavy (non-hydrogen) atoms. The number of piperidine rings is 1. The van der Waals surface area contributed by atoms with Crippen molar-refractivity contribution in [3.63, 3.8) is 0 Å². The van der Waals surface area contributed by atoms with Crippen molar-refractivity contribution >= 4 is 0 Å². The van der Waals surface area contributed by atoms with E-state index in [1.54, 1.807) is 0 Å². The Morgan fingerprint density at radius 3 is 2.50 bits per heavy atom. The summed E-state index contributed by atoms with van der Waals surface area (Å²) in [7, 11) is 2.17. The zero-order chi connectivity index (χ0) is 13.8. The van der Waals surface area contributed by atoms with Crippen molar-refractivity contribution in [1.29, 1.82) is 5.26 Å². The van der Waals surface area contributed by atoms with Crippen LogP contribution < -0.4 is 5.73 Å². The van der Waals surface area contributed by atoms with Gasteiger partial charge in [-0.05, 0) is 59.8 Å². The maximum Gasteiger partial charge on any atom is 0.102 e. The van der Waals surface area contributed by atoms with E-state index in [1.807, 2.05) is 6.92 Å². The van der Waals surface area contributed by atoms with E-state index in [9.17, 15) is 0 Å². The van der Waals surface area contributed by atoms with E-state index in [-0.39, 0.29) is 0 Å². The maximum absolute atomic E-state index is 9.00. The number of nitrogens with two attached hydrogens (primary N) is 1. The summed E-state index contributed by atoms with van der Waals surface area (Å²) >= 11 is 0. The first-order valence-corrected chi connectivity index (χ1v) is 7.04. The summed E-state index contributed by atoms with van der Waals surface area (Å²) in [4.78, 5) is 4.91. The lowest BCUT2D eigenvalue weighted by atomic mass is 9.94. The first kappa shape index (κ1) is 15.4. The third-order valence-corrected chi connectivity index (χ3v) is 4.25. The van der Waals surface area contributed by atoms with Gasteiger partial charge in [-0.1, -0.05) is 6.92 Å². The molecule has 1 fully saturated rings. The molecule has 104 valence electrons. The lowest BCUT2D eigenvalue weighted by Crippen LogP contribution is -2.49. The first-order valence-electron chi connectivity index (χ1n) is 7.04. The van der Waals surface area contributed by atoms with E-state index in [1.165, 1.54) is 25.9 Å². The van der Waals surface area contributed by atoms with Gasteiger partial charge in [-0.15, -0.1) is 0 Å². The topological polar surface area (TPSA) is 56.3 Å². The average Bonchev–Trinajstić information content (AvgIpc) is 2.37. The second-order valence-corrected chi connectivity index (χ2v) is 5.91. The van der Waals surface area contributed by atoms with Crippen LogP contribution in [-0.2, 0) is 0 Å². The van der Waals surface area contributed by atoms with E-state index in [0.29, 0.717) is 12.1 Å². The lowest BCUT2D eigenvalue weighted by Gasteiger charge is -2.40. The third kappa shape index (κ3) is 4.24. The zero-order valence-electron chi connectivity index (χ0n) is 12.3. The molecule has 2 unspecified atom stereocenters. The predicted molar refractivity (Wildman–Crippen MR) is 75.2 cm³/mol. The Balaban J connectivity index is 2.45. The number of rotatable bonds is 5. The molecule has 1 aliphatic rings. The normalized spacial score (nSPS) is 23.6. The van der Waals surface area contributed by atoms with Crippen LogP contribution in [0.2, 0.25) is 0 Å². The molecule has 2 atom stereocenters. The van der Waals surface area contributed by atoms with Gasteiger partial charge in [0.2, 0.25) is 0 Å². The Morgan fingerprint density at radius 2 is 2.06 bits per heavy atom. The van der Waals surface area contributed by atoms with E-state index < -0.39 is 5.54 Å². The molecule has 0 amide bonds. The Labute approximate surface area is 112 Å². The van der Waals surface area contributed by atoms with Gasteiger partial charge >= 0.3 is 0 Å². The molecule has 1 heterocycles. The maximum atomic E-state index is 9.00. The molecule has 0 aliphatic carbocycles. The van der Waals surface area contributed by atoms with Gasteiger partial charge in [0.25, 0.3) is 0 Å². The minimum atomic E-state index is -0.711. The predicted octanol–water partition coefficient (Wildman–Crippen LogP) is 1.42.